The van der Waals surface area contributed by atoms with Gasteiger partial charge in [0.25, 0.3) is 0 Å². The van der Waals surface area contributed by atoms with Crippen LogP contribution >= 0.6 is 11.6 Å². The van der Waals surface area contributed by atoms with Crippen LogP contribution in [0.1, 0.15) is 44.6 Å². The van der Waals surface area contributed by atoms with Gasteiger partial charge in [-0.15, -0.1) is 0 Å². The molecule has 0 bridgehead atoms. The van der Waals surface area contributed by atoms with Gasteiger partial charge in [0, 0.05) is 26.6 Å². The minimum Gasteiger partial charge on any atom is -0.489 e. The average Bonchev–Trinajstić information content (AvgIpc) is 3.08. The Morgan fingerprint density at radius 1 is 1.32 bits per heavy atom. The van der Waals surface area contributed by atoms with E-state index in [1.165, 1.54) is 12.8 Å². The molecule has 4 nitrogen and oxygen atoms in total. The van der Waals surface area contributed by atoms with Crippen molar-refractivity contribution in [1.29, 1.82) is 0 Å². The Morgan fingerprint density at radius 2 is 2.04 bits per heavy atom. The predicted octanol–water partition coefficient (Wildman–Crippen LogP) is 3.96. The molecule has 1 heterocycles. The Kier molecular flexibility index (Phi) is 6.24. The second-order valence-electron chi connectivity index (χ2n) is 7.42. The molecule has 0 aromatic heterocycles. The lowest BCUT2D eigenvalue weighted by Gasteiger charge is -2.37. The summed E-state index contributed by atoms with van der Waals surface area (Å²) in [5.74, 6) is 1.55. The molecule has 3 rings (SSSR count). The van der Waals surface area contributed by atoms with Crippen molar-refractivity contribution >= 4 is 17.5 Å². The summed E-state index contributed by atoms with van der Waals surface area (Å²) < 4.78 is 6.13. The maximum Gasteiger partial charge on any atom is 0.222 e. The van der Waals surface area contributed by atoms with Crippen LogP contribution in [0.25, 0.3) is 0 Å². The number of hydrogen-bond donors (Lipinski definition) is 0. The van der Waals surface area contributed by atoms with Crippen LogP contribution in [0.2, 0.25) is 5.02 Å². The van der Waals surface area contributed by atoms with E-state index in [4.69, 9.17) is 16.3 Å². The minimum atomic E-state index is 0.210. The van der Waals surface area contributed by atoms with Crippen LogP contribution in [0, 0.1) is 5.92 Å². The summed E-state index contributed by atoms with van der Waals surface area (Å²) in [4.78, 5) is 15.9. The van der Waals surface area contributed by atoms with Gasteiger partial charge in [0.15, 0.2) is 0 Å². The maximum atomic E-state index is 11.7. The number of amides is 1. The van der Waals surface area contributed by atoms with Crippen molar-refractivity contribution in [3.63, 3.8) is 0 Å². The SMILES string of the molecule is CCC(=O)N(C)CC1CC(Oc2cccc(CN3CCCC3)c2Cl)C1. The summed E-state index contributed by atoms with van der Waals surface area (Å²) in [6, 6.07) is 6.11. The standard InChI is InChI=1S/C20H29ClN2O2/c1-3-19(24)22(2)13-15-11-17(12-15)25-18-8-6-7-16(20(18)21)14-23-9-4-5-10-23/h6-8,15,17H,3-5,9-14H2,1-2H3. The Labute approximate surface area is 156 Å². The number of rotatable bonds is 7. The molecule has 0 unspecified atom stereocenters. The van der Waals surface area contributed by atoms with E-state index in [9.17, 15) is 4.79 Å². The van der Waals surface area contributed by atoms with Crippen LogP contribution in [0.3, 0.4) is 0 Å². The number of carbonyl (C=O) groups excluding carboxylic acids is 1. The predicted molar refractivity (Wildman–Crippen MR) is 101 cm³/mol. The molecule has 138 valence electrons. The van der Waals surface area contributed by atoms with Gasteiger partial charge < -0.3 is 9.64 Å². The van der Waals surface area contributed by atoms with Crippen LogP contribution in [-0.4, -0.2) is 48.5 Å². The van der Waals surface area contributed by atoms with Gasteiger partial charge in [0.05, 0.1) is 11.1 Å². The lowest BCUT2D eigenvalue weighted by molar-refractivity contribution is -0.131. The van der Waals surface area contributed by atoms with Crippen molar-refractivity contribution in [2.45, 2.75) is 51.7 Å². The maximum absolute atomic E-state index is 11.7. The number of halogens is 1. The molecule has 25 heavy (non-hydrogen) atoms. The molecule has 2 aliphatic rings. The van der Waals surface area contributed by atoms with E-state index in [0.29, 0.717) is 12.3 Å². The molecule has 1 saturated carbocycles. The topological polar surface area (TPSA) is 32.8 Å². The molecular weight excluding hydrogens is 336 g/mol. The molecule has 0 radical (unpaired) electrons. The Hall–Kier alpha value is -1.26. The van der Waals surface area contributed by atoms with Gasteiger partial charge in [-0.3, -0.25) is 9.69 Å². The highest BCUT2D eigenvalue weighted by molar-refractivity contribution is 6.32. The number of hydrogen-bond acceptors (Lipinski definition) is 3. The lowest BCUT2D eigenvalue weighted by atomic mass is 9.82. The first-order valence-corrected chi connectivity index (χ1v) is 9.85. The highest BCUT2D eigenvalue weighted by Gasteiger charge is 2.32. The fourth-order valence-corrected chi connectivity index (χ4v) is 4.04. The van der Waals surface area contributed by atoms with Gasteiger partial charge in [-0.05, 0) is 56.3 Å². The van der Waals surface area contributed by atoms with Gasteiger partial charge in [0.1, 0.15) is 5.75 Å². The third-order valence-corrected chi connectivity index (χ3v) is 5.81. The summed E-state index contributed by atoms with van der Waals surface area (Å²) in [6.07, 6.45) is 5.35. The number of likely N-dealkylation sites (tertiary alicyclic amines) is 1. The van der Waals surface area contributed by atoms with Crippen LogP contribution in [0.15, 0.2) is 18.2 Å². The van der Waals surface area contributed by atoms with Gasteiger partial charge in [-0.2, -0.15) is 0 Å². The van der Waals surface area contributed by atoms with Crippen molar-refractivity contribution in [2.24, 2.45) is 5.92 Å². The van der Waals surface area contributed by atoms with E-state index >= 15 is 0 Å². The molecule has 1 amide bonds. The molecule has 1 aliphatic heterocycles. The molecule has 1 aromatic rings. The Bertz CT molecular complexity index is 595. The van der Waals surface area contributed by atoms with E-state index in [0.717, 1.165) is 55.4 Å². The van der Waals surface area contributed by atoms with Gasteiger partial charge in [0.2, 0.25) is 5.91 Å². The third-order valence-electron chi connectivity index (χ3n) is 5.38. The van der Waals surface area contributed by atoms with E-state index in [1.807, 2.05) is 31.0 Å². The highest BCUT2D eigenvalue weighted by Crippen LogP contribution is 2.36. The van der Waals surface area contributed by atoms with E-state index in [2.05, 4.69) is 11.0 Å². The molecule has 1 aromatic carbocycles. The van der Waals surface area contributed by atoms with E-state index in [-0.39, 0.29) is 12.0 Å². The smallest absolute Gasteiger partial charge is 0.222 e. The fourth-order valence-electron chi connectivity index (χ4n) is 3.81. The second-order valence-corrected chi connectivity index (χ2v) is 7.80. The number of carbonyl (C=O) groups is 1. The zero-order valence-electron chi connectivity index (χ0n) is 15.3. The van der Waals surface area contributed by atoms with Crippen LogP contribution in [0.5, 0.6) is 5.75 Å². The van der Waals surface area contributed by atoms with Crippen LogP contribution in [0.4, 0.5) is 0 Å². The van der Waals surface area contributed by atoms with Crippen LogP contribution in [-0.2, 0) is 11.3 Å². The van der Waals surface area contributed by atoms with Gasteiger partial charge >= 0.3 is 0 Å². The van der Waals surface area contributed by atoms with Gasteiger partial charge in [-0.1, -0.05) is 30.7 Å². The van der Waals surface area contributed by atoms with Crippen LogP contribution < -0.4 is 4.74 Å². The Balaban J connectivity index is 1.50. The first-order valence-electron chi connectivity index (χ1n) is 9.47. The third kappa shape index (κ3) is 4.68. The molecule has 5 heteroatoms. The number of benzene rings is 1. The molecule has 1 aliphatic carbocycles. The van der Waals surface area contributed by atoms with Crippen molar-refractivity contribution in [2.75, 3.05) is 26.7 Å². The largest absolute Gasteiger partial charge is 0.489 e. The molecule has 2 fully saturated rings. The molecule has 1 saturated heterocycles. The van der Waals surface area contributed by atoms with Crippen molar-refractivity contribution in [3.8, 4) is 5.75 Å². The first kappa shape index (κ1) is 18.5. The number of ether oxygens (including phenoxy) is 1. The highest BCUT2D eigenvalue weighted by atomic mass is 35.5. The summed E-state index contributed by atoms with van der Waals surface area (Å²) in [5, 5.41) is 0.760. The summed E-state index contributed by atoms with van der Waals surface area (Å²) >= 11 is 6.59. The zero-order valence-corrected chi connectivity index (χ0v) is 16.1. The van der Waals surface area contributed by atoms with Gasteiger partial charge in [-0.25, -0.2) is 0 Å². The van der Waals surface area contributed by atoms with Crippen molar-refractivity contribution < 1.29 is 9.53 Å². The molecular formula is C20H29ClN2O2. The molecule has 0 atom stereocenters. The zero-order chi connectivity index (χ0) is 17.8. The fraction of sp³-hybridized carbons (Fsp3) is 0.650. The molecule has 0 N–H and O–H groups in total. The normalized spacial score (nSPS) is 23.3. The summed E-state index contributed by atoms with van der Waals surface area (Å²) in [7, 11) is 1.89. The average molecular weight is 365 g/mol. The summed E-state index contributed by atoms with van der Waals surface area (Å²) in [6.45, 7) is 5.97. The summed E-state index contributed by atoms with van der Waals surface area (Å²) in [5.41, 5.74) is 1.16. The van der Waals surface area contributed by atoms with E-state index < -0.39 is 0 Å². The second kappa shape index (κ2) is 8.41. The van der Waals surface area contributed by atoms with Crippen molar-refractivity contribution in [3.05, 3.63) is 28.8 Å². The molecule has 0 spiro atoms. The monoisotopic (exact) mass is 364 g/mol. The van der Waals surface area contributed by atoms with E-state index in [1.54, 1.807) is 0 Å². The lowest BCUT2D eigenvalue weighted by Crippen LogP contribution is -2.41. The Morgan fingerprint density at radius 3 is 2.72 bits per heavy atom. The van der Waals surface area contributed by atoms with Crippen molar-refractivity contribution in [1.82, 2.24) is 9.80 Å². The minimum absolute atomic E-state index is 0.210. The number of nitrogens with zero attached hydrogens (tertiary/aromatic N) is 2. The first-order chi connectivity index (χ1) is 12.1. The quantitative estimate of drug-likeness (QED) is 0.734.